The molecule has 36 heavy (non-hydrogen) atoms. The Morgan fingerprint density at radius 3 is 1.89 bits per heavy atom. The lowest BCUT2D eigenvalue weighted by Gasteiger charge is -2.30. The topological polar surface area (TPSA) is 114 Å². The number of hydrogen-bond donors (Lipinski definition) is 3. The van der Waals surface area contributed by atoms with Gasteiger partial charge in [-0.1, -0.05) is 60.7 Å². The molecule has 0 saturated carbocycles. The van der Waals surface area contributed by atoms with Crippen LogP contribution in [0.2, 0.25) is 0 Å². The summed E-state index contributed by atoms with van der Waals surface area (Å²) < 4.78 is 17.5. The van der Waals surface area contributed by atoms with Crippen LogP contribution < -0.4 is 5.32 Å². The zero-order chi connectivity index (χ0) is 26.6. The number of nitrogens with one attached hydrogen (secondary N) is 1. The van der Waals surface area contributed by atoms with Gasteiger partial charge in [0, 0.05) is 0 Å². The van der Waals surface area contributed by atoms with Crippen LogP contribution in [-0.2, 0) is 32.2 Å². The van der Waals surface area contributed by atoms with E-state index in [1.165, 1.54) is 0 Å². The molecule has 0 heterocycles. The third kappa shape index (κ3) is 11.2. The maximum atomic E-state index is 12.1. The van der Waals surface area contributed by atoms with Gasteiger partial charge in [0.05, 0.1) is 25.4 Å². The highest BCUT2D eigenvalue weighted by molar-refractivity contribution is 5.79. The van der Waals surface area contributed by atoms with Crippen molar-refractivity contribution in [2.75, 3.05) is 0 Å². The molecule has 0 fully saturated rings. The minimum absolute atomic E-state index is 0.172. The predicted octanol–water partition coefficient (Wildman–Crippen LogP) is 4.69. The first-order chi connectivity index (χ1) is 17.0. The Hall–Kier alpha value is -2.94. The van der Waals surface area contributed by atoms with E-state index in [-0.39, 0.29) is 6.42 Å². The van der Waals surface area contributed by atoms with Gasteiger partial charge in [-0.15, -0.1) is 0 Å². The van der Waals surface area contributed by atoms with Crippen LogP contribution >= 0.6 is 0 Å². The molecule has 0 saturated heterocycles. The first-order valence-electron chi connectivity index (χ1n) is 12.3. The molecule has 2 aromatic rings. The van der Waals surface area contributed by atoms with Crippen molar-refractivity contribution in [3.8, 4) is 0 Å². The van der Waals surface area contributed by atoms with Gasteiger partial charge in [-0.25, -0.2) is 9.59 Å². The molecular formula is C28H39NO7. The van der Waals surface area contributed by atoms with E-state index in [2.05, 4.69) is 5.32 Å². The second-order valence-electron chi connectivity index (χ2n) is 9.80. The summed E-state index contributed by atoms with van der Waals surface area (Å²) in [6.07, 6.45) is -1.70. The molecule has 198 valence electrons. The molecule has 0 aliphatic rings. The third-order valence-corrected chi connectivity index (χ3v) is 5.40. The van der Waals surface area contributed by atoms with E-state index in [0.717, 1.165) is 11.1 Å². The number of carboxylic acids is 1. The lowest BCUT2D eigenvalue weighted by molar-refractivity contribution is -0.140. The fourth-order valence-electron chi connectivity index (χ4n) is 3.67. The van der Waals surface area contributed by atoms with Gasteiger partial charge in [-0.2, -0.15) is 0 Å². The van der Waals surface area contributed by atoms with Gasteiger partial charge in [-0.3, -0.25) is 0 Å². The number of ether oxygens (including phenoxy) is 3. The van der Waals surface area contributed by atoms with E-state index in [1.807, 2.05) is 60.7 Å². The molecule has 4 atom stereocenters. The summed E-state index contributed by atoms with van der Waals surface area (Å²) >= 11 is 0. The number of hydrogen-bond acceptors (Lipinski definition) is 6. The van der Waals surface area contributed by atoms with Crippen molar-refractivity contribution in [1.82, 2.24) is 5.32 Å². The number of benzene rings is 2. The Balaban J connectivity index is 2.05. The quantitative estimate of drug-likeness (QED) is 0.344. The minimum atomic E-state index is -1.14. The van der Waals surface area contributed by atoms with Gasteiger partial charge in [-0.05, 0) is 58.1 Å². The van der Waals surface area contributed by atoms with E-state index in [1.54, 1.807) is 27.7 Å². The normalized spacial score (nSPS) is 14.9. The number of aliphatic carboxylic acids is 1. The molecule has 0 aromatic heterocycles. The van der Waals surface area contributed by atoms with Crippen molar-refractivity contribution in [3.05, 3.63) is 71.8 Å². The number of rotatable bonds is 14. The maximum Gasteiger partial charge on any atom is 0.408 e. The van der Waals surface area contributed by atoms with Crippen LogP contribution in [0, 0.1) is 0 Å². The van der Waals surface area contributed by atoms with E-state index < -0.39 is 42.0 Å². The Bertz CT molecular complexity index is 913. The molecule has 1 amide bonds. The van der Waals surface area contributed by atoms with Crippen LogP contribution in [0.15, 0.2) is 60.7 Å². The molecular weight excluding hydrogens is 462 g/mol. The van der Waals surface area contributed by atoms with Crippen LogP contribution in [-0.4, -0.2) is 52.2 Å². The number of alkyl carbamates (subject to hydrolysis) is 1. The molecule has 8 nitrogen and oxygen atoms in total. The molecule has 0 bridgehead atoms. The standard InChI is InChI=1S/C28H39NO7/c1-20(30)25(35-19-22-14-9-6-10-15-22)24(34-18-21-12-7-5-8-13-21)17-11-16-23(26(31)32)29-27(33)36-28(2,3)4/h5-10,12-15,20,23-25,30H,11,16-19H2,1-4H3,(H,29,33)(H,31,32)/t20-,23-,24-,25-/m0/s1. The largest absolute Gasteiger partial charge is 0.480 e. The number of aliphatic hydroxyl groups excluding tert-OH is 1. The summed E-state index contributed by atoms with van der Waals surface area (Å²) in [6.45, 7) is 7.41. The summed E-state index contributed by atoms with van der Waals surface area (Å²) in [5.41, 5.74) is 1.21. The van der Waals surface area contributed by atoms with E-state index in [9.17, 15) is 19.8 Å². The molecule has 2 aromatic carbocycles. The van der Waals surface area contributed by atoms with Gasteiger partial charge in [0.15, 0.2) is 0 Å². The number of carbonyl (C=O) groups excluding carboxylic acids is 1. The fourth-order valence-corrected chi connectivity index (χ4v) is 3.67. The third-order valence-electron chi connectivity index (χ3n) is 5.40. The Morgan fingerprint density at radius 1 is 0.889 bits per heavy atom. The van der Waals surface area contributed by atoms with Crippen LogP contribution in [0.1, 0.15) is 58.1 Å². The fraction of sp³-hybridized carbons (Fsp3) is 0.500. The highest BCUT2D eigenvalue weighted by atomic mass is 16.6. The molecule has 0 aliphatic carbocycles. The van der Waals surface area contributed by atoms with Crippen molar-refractivity contribution < 1.29 is 34.0 Å². The van der Waals surface area contributed by atoms with Crippen LogP contribution in [0.3, 0.4) is 0 Å². The van der Waals surface area contributed by atoms with Gasteiger partial charge in [0.2, 0.25) is 0 Å². The van der Waals surface area contributed by atoms with Crippen LogP contribution in [0.4, 0.5) is 4.79 Å². The highest BCUT2D eigenvalue weighted by Crippen LogP contribution is 2.20. The number of aliphatic hydroxyl groups is 1. The van der Waals surface area contributed by atoms with Crippen molar-refractivity contribution in [2.45, 2.75) is 90.1 Å². The highest BCUT2D eigenvalue weighted by Gasteiger charge is 2.29. The van der Waals surface area contributed by atoms with Gasteiger partial charge < -0.3 is 29.7 Å². The van der Waals surface area contributed by atoms with Crippen LogP contribution in [0.5, 0.6) is 0 Å². The molecule has 0 spiro atoms. The summed E-state index contributed by atoms with van der Waals surface area (Å²) in [5.74, 6) is -1.14. The average molecular weight is 502 g/mol. The zero-order valence-electron chi connectivity index (χ0n) is 21.6. The molecule has 0 aliphatic heterocycles. The van der Waals surface area contributed by atoms with E-state index in [0.29, 0.717) is 26.1 Å². The monoisotopic (exact) mass is 501 g/mol. The molecule has 3 N–H and O–H groups in total. The lowest BCUT2D eigenvalue weighted by atomic mass is 10.0. The predicted molar refractivity (Wildman–Crippen MR) is 136 cm³/mol. The molecule has 0 unspecified atom stereocenters. The summed E-state index contributed by atoms with van der Waals surface area (Å²) in [6, 6.07) is 18.2. The number of carboxylic acid groups (broad SMARTS) is 1. The van der Waals surface area contributed by atoms with Crippen LogP contribution in [0.25, 0.3) is 0 Å². The second kappa shape index (κ2) is 14.6. The van der Waals surface area contributed by atoms with Gasteiger partial charge >= 0.3 is 12.1 Å². The summed E-state index contributed by atoms with van der Waals surface area (Å²) in [5, 5.41) is 22.5. The van der Waals surface area contributed by atoms with Gasteiger partial charge in [0.1, 0.15) is 17.7 Å². The maximum absolute atomic E-state index is 12.1. The molecule has 2 rings (SSSR count). The SMILES string of the molecule is C[C@H](O)[C@H](OCc1ccccc1)[C@H](CCC[C@H](NC(=O)OC(C)(C)C)C(=O)O)OCc1ccccc1. The van der Waals surface area contributed by atoms with E-state index >= 15 is 0 Å². The van der Waals surface area contributed by atoms with Crippen molar-refractivity contribution in [3.63, 3.8) is 0 Å². The minimum Gasteiger partial charge on any atom is -0.480 e. The summed E-state index contributed by atoms with van der Waals surface area (Å²) in [7, 11) is 0. The smallest absolute Gasteiger partial charge is 0.408 e. The number of amides is 1. The number of carbonyl (C=O) groups is 2. The molecule has 0 radical (unpaired) electrons. The Kier molecular flexibility index (Phi) is 11.9. The zero-order valence-corrected chi connectivity index (χ0v) is 21.6. The first kappa shape index (κ1) is 29.3. The van der Waals surface area contributed by atoms with E-state index in [4.69, 9.17) is 14.2 Å². The average Bonchev–Trinajstić information content (AvgIpc) is 2.81. The van der Waals surface area contributed by atoms with Gasteiger partial charge in [0.25, 0.3) is 0 Å². The van der Waals surface area contributed by atoms with Crippen molar-refractivity contribution >= 4 is 12.1 Å². The van der Waals surface area contributed by atoms with Crippen molar-refractivity contribution in [2.24, 2.45) is 0 Å². The molecule has 8 heteroatoms. The Labute approximate surface area is 213 Å². The lowest BCUT2D eigenvalue weighted by Crippen LogP contribution is -2.44. The first-order valence-corrected chi connectivity index (χ1v) is 12.3. The van der Waals surface area contributed by atoms with Crippen molar-refractivity contribution in [1.29, 1.82) is 0 Å². The summed E-state index contributed by atoms with van der Waals surface area (Å²) in [4.78, 5) is 23.8. The second-order valence-corrected chi connectivity index (χ2v) is 9.80. The Morgan fingerprint density at radius 2 is 1.42 bits per heavy atom.